The molecule has 0 unspecified atom stereocenters. The minimum Gasteiger partial charge on any atom is -0.450 e. The second kappa shape index (κ2) is 9.13. The highest BCUT2D eigenvalue weighted by Gasteiger charge is 2.31. The van der Waals surface area contributed by atoms with Crippen LogP contribution in [0.1, 0.15) is 25.0 Å². The van der Waals surface area contributed by atoms with Gasteiger partial charge in [0.2, 0.25) is 5.91 Å². The van der Waals surface area contributed by atoms with Crippen molar-refractivity contribution in [1.82, 2.24) is 14.8 Å². The Kier molecular flexibility index (Phi) is 6.03. The van der Waals surface area contributed by atoms with Crippen LogP contribution < -0.4 is 14.5 Å². The van der Waals surface area contributed by atoms with Gasteiger partial charge in [0, 0.05) is 31.5 Å². The lowest BCUT2D eigenvalue weighted by Crippen LogP contribution is -2.40. The van der Waals surface area contributed by atoms with Crippen molar-refractivity contribution in [3.8, 4) is 6.01 Å². The first-order valence-electron chi connectivity index (χ1n) is 11.5. The van der Waals surface area contributed by atoms with Crippen LogP contribution in [0.5, 0.6) is 6.01 Å². The van der Waals surface area contributed by atoms with Crippen LogP contribution in [0.2, 0.25) is 0 Å². The number of fused-ring (bicyclic) bond motifs is 2. The number of ether oxygens (including phenoxy) is 1. The summed E-state index contributed by atoms with van der Waals surface area (Å²) in [5.74, 6) is -0.0740. The Morgan fingerprint density at radius 3 is 2.06 bits per heavy atom. The predicted octanol–water partition coefficient (Wildman–Crippen LogP) is 3.24. The minimum absolute atomic E-state index is 0.0386. The number of hydrogen-bond acceptors (Lipinski definition) is 6. The number of amides is 2. The third-order valence-electron chi connectivity index (χ3n) is 6.36. The molecule has 1 aromatic heterocycles. The van der Waals surface area contributed by atoms with Crippen LogP contribution in [0.4, 0.5) is 11.4 Å². The Morgan fingerprint density at radius 1 is 0.882 bits per heavy atom. The molecule has 0 aliphatic carbocycles. The zero-order valence-electron chi connectivity index (χ0n) is 19.5. The Bertz CT molecular complexity index is 1150. The van der Waals surface area contributed by atoms with Crippen LogP contribution >= 0.6 is 11.8 Å². The minimum atomic E-state index is -0.716. The first-order valence-corrected chi connectivity index (χ1v) is 12.3. The Balaban J connectivity index is 1.23. The highest BCUT2D eigenvalue weighted by atomic mass is 32.2. The zero-order chi connectivity index (χ0) is 23.8. The van der Waals surface area contributed by atoms with Crippen LogP contribution in [-0.4, -0.2) is 51.0 Å². The van der Waals surface area contributed by atoms with E-state index in [1.807, 2.05) is 54.3 Å². The molecular weight excluding hydrogens is 450 g/mol. The molecule has 0 fully saturated rings. The number of hydrogen-bond donors (Lipinski definition) is 0. The summed E-state index contributed by atoms with van der Waals surface area (Å²) in [5, 5.41) is 8.56. The van der Waals surface area contributed by atoms with E-state index in [2.05, 4.69) is 16.3 Å². The Morgan fingerprint density at radius 2 is 1.44 bits per heavy atom. The largest absolute Gasteiger partial charge is 0.450 e. The summed E-state index contributed by atoms with van der Waals surface area (Å²) >= 11 is 1.33. The van der Waals surface area contributed by atoms with E-state index in [4.69, 9.17) is 4.74 Å². The van der Waals surface area contributed by atoms with Crippen LogP contribution in [-0.2, 0) is 29.5 Å². The standard InChI is InChI=1S/C25H27N5O3S/c1-16(22(31)29-14-12-18-8-4-6-10-20(18)29)33-24-26-27-25(28(24)3)34-17(2)23(32)30-15-13-19-9-5-7-11-21(19)30/h4-11,16-17H,12-15H2,1-3H3/t16-,17+/m0/s1. The van der Waals surface area contributed by atoms with E-state index >= 15 is 0 Å². The molecular formula is C25H27N5O3S. The number of nitrogens with zero attached hydrogens (tertiary/aromatic N) is 5. The smallest absolute Gasteiger partial charge is 0.318 e. The summed E-state index contributed by atoms with van der Waals surface area (Å²) in [6.45, 7) is 4.93. The van der Waals surface area contributed by atoms with Gasteiger partial charge in [0.25, 0.3) is 5.91 Å². The molecule has 0 N–H and O–H groups in total. The number of carbonyl (C=O) groups is 2. The number of rotatable bonds is 6. The predicted molar refractivity (Wildman–Crippen MR) is 131 cm³/mol. The molecule has 2 aliphatic heterocycles. The summed E-state index contributed by atoms with van der Waals surface area (Å²) in [6.07, 6.45) is 0.994. The molecule has 0 spiro atoms. The Labute approximate surface area is 202 Å². The van der Waals surface area contributed by atoms with Gasteiger partial charge in [0.15, 0.2) is 11.3 Å². The lowest BCUT2D eigenvalue weighted by Gasteiger charge is -2.22. The van der Waals surface area contributed by atoms with Gasteiger partial charge in [-0.3, -0.25) is 14.2 Å². The van der Waals surface area contributed by atoms with Crippen molar-refractivity contribution in [1.29, 1.82) is 0 Å². The van der Waals surface area contributed by atoms with Gasteiger partial charge in [-0.2, -0.15) is 0 Å². The average Bonchev–Trinajstić information content (AvgIpc) is 3.56. The van der Waals surface area contributed by atoms with E-state index in [-0.39, 0.29) is 23.1 Å². The fraction of sp³-hybridized carbons (Fsp3) is 0.360. The number of benzene rings is 2. The summed E-state index contributed by atoms with van der Waals surface area (Å²) in [4.78, 5) is 29.8. The third kappa shape index (κ3) is 4.04. The molecule has 5 rings (SSSR count). The number of aromatic nitrogens is 3. The molecule has 8 nitrogen and oxygen atoms in total. The molecule has 2 amide bonds. The number of thioether (sulfide) groups is 1. The van der Waals surface area contributed by atoms with Crippen molar-refractivity contribution < 1.29 is 14.3 Å². The van der Waals surface area contributed by atoms with Crippen molar-refractivity contribution in [2.75, 3.05) is 22.9 Å². The van der Waals surface area contributed by atoms with Gasteiger partial charge in [-0.15, -0.1) is 5.10 Å². The Hall–Kier alpha value is -3.33. The highest BCUT2D eigenvalue weighted by Crippen LogP contribution is 2.32. The van der Waals surface area contributed by atoms with Crippen LogP contribution in [0.15, 0.2) is 53.7 Å². The molecule has 3 heterocycles. The van der Waals surface area contributed by atoms with E-state index in [1.54, 1.807) is 23.4 Å². The quantitative estimate of drug-likeness (QED) is 0.507. The number of para-hydroxylation sites is 2. The second-order valence-corrected chi connectivity index (χ2v) is 9.89. The first kappa shape index (κ1) is 22.5. The molecule has 0 saturated carbocycles. The topological polar surface area (TPSA) is 80.6 Å². The van der Waals surface area contributed by atoms with Crippen LogP contribution in [0.3, 0.4) is 0 Å². The van der Waals surface area contributed by atoms with Crippen molar-refractivity contribution in [3.63, 3.8) is 0 Å². The fourth-order valence-electron chi connectivity index (χ4n) is 4.50. The molecule has 0 saturated heterocycles. The summed E-state index contributed by atoms with van der Waals surface area (Å²) in [7, 11) is 1.78. The maximum absolute atomic E-state index is 13.1. The lowest BCUT2D eigenvalue weighted by atomic mass is 10.2. The van der Waals surface area contributed by atoms with Crippen molar-refractivity contribution in [3.05, 3.63) is 59.7 Å². The molecule has 34 heavy (non-hydrogen) atoms. The molecule has 176 valence electrons. The summed E-state index contributed by atoms with van der Waals surface area (Å²) in [5.41, 5.74) is 4.28. The van der Waals surface area contributed by atoms with Crippen molar-refractivity contribution in [2.45, 2.75) is 43.2 Å². The molecule has 2 aliphatic rings. The molecule has 0 radical (unpaired) electrons. The normalized spacial score (nSPS) is 16.2. The summed E-state index contributed by atoms with van der Waals surface area (Å²) < 4.78 is 7.58. The fourth-order valence-corrected chi connectivity index (χ4v) is 5.37. The molecule has 2 aromatic carbocycles. The van der Waals surface area contributed by atoms with E-state index in [0.29, 0.717) is 18.2 Å². The van der Waals surface area contributed by atoms with Crippen molar-refractivity contribution >= 4 is 35.0 Å². The maximum Gasteiger partial charge on any atom is 0.318 e. The van der Waals surface area contributed by atoms with Crippen LogP contribution in [0, 0.1) is 0 Å². The maximum atomic E-state index is 13.1. The third-order valence-corrected chi connectivity index (χ3v) is 7.48. The molecule has 2 atom stereocenters. The van der Waals surface area contributed by atoms with E-state index in [0.717, 1.165) is 24.2 Å². The van der Waals surface area contributed by atoms with Gasteiger partial charge in [-0.05, 0) is 49.9 Å². The van der Waals surface area contributed by atoms with Crippen molar-refractivity contribution in [2.24, 2.45) is 7.05 Å². The molecule has 9 heteroatoms. The van der Waals surface area contributed by atoms with E-state index in [9.17, 15) is 9.59 Å². The zero-order valence-corrected chi connectivity index (χ0v) is 20.3. The second-order valence-electron chi connectivity index (χ2n) is 8.58. The number of anilines is 2. The van der Waals surface area contributed by atoms with Crippen LogP contribution in [0.25, 0.3) is 0 Å². The number of carbonyl (C=O) groups excluding carboxylic acids is 2. The highest BCUT2D eigenvalue weighted by molar-refractivity contribution is 8.00. The van der Waals surface area contributed by atoms with Gasteiger partial charge in [0.1, 0.15) is 0 Å². The van der Waals surface area contributed by atoms with Gasteiger partial charge in [-0.25, -0.2) is 0 Å². The summed E-state index contributed by atoms with van der Waals surface area (Å²) in [6, 6.07) is 16.2. The molecule has 3 aromatic rings. The lowest BCUT2D eigenvalue weighted by molar-refractivity contribution is -0.124. The molecule has 0 bridgehead atoms. The van der Waals surface area contributed by atoms with Gasteiger partial charge >= 0.3 is 6.01 Å². The average molecular weight is 478 g/mol. The monoisotopic (exact) mass is 477 g/mol. The van der Waals surface area contributed by atoms with Gasteiger partial charge in [0.05, 0.1) is 5.25 Å². The van der Waals surface area contributed by atoms with E-state index in [1.165, 1.54) is 22.9 Å². The van der Waals surface area contributed by atoms with E-state index < -0.39 is 6.10 Å². The first-order chi connectivity index (χ1) is 16.4. The van der Waals surface area contributed by atoms with Gasteiger partial charge in [-0.1, -0.05) is 53.3 Å². The SMILES string of the molecule is C[C@H](Oc1nnc(S[C@H](C)C(=O)N2CCc3ccccc32)n1C)C(=O)N1CCc2ccccc21. The van der Waals surface area contributed by atoms with Gasteiger partial charge < -0.3 is 14.5 Å².